The maximum atomic E-state index is 12.8. The zero-order valence-electron chi connectivity index (χ0n) is 15.0. The Morgan fingerprint density at radius 2 is 2.24 bits per heavy atom. The molecule has 0 saturated carbocycles. The fourth-order valence-corrected chi connectivity index (χ4v) is 2.97. The van der Waals surface area contributed by atoms with E-state index in [0.717, 1.165) is 36.5 Å². The molecule has 1 fully saturated rings. The van der Waals surface area contributed by atoms with Crippen molar-refractivity contribution in [3.05, 3.63) is 36.2 Å². The van der Waals surface area contributed by atoms with Gasteiger partial charge in [-0.05, 0) is 38.8 Å². The predicted molar refractivity (Wildman–Crippen MR) is 95.6 cm³/mol. The van der Waals surface area contributed by atoms with E-state index in [-0.39, 0.29) is 18.0 Å². The molecule has 2 aromatic rings. The van der Waals surface area contributed by atoms with Gasteiger partial charge in [0.2, 0.25) is 5.91 Å². The number of carbonyl (C=O) groups is 1. The molecule has 1 N–H and O–H groups in total. The van der Waals surface area contributed by atoms with Gasteiger partial charge in [0, 0.05) is 30.9 Å². The smallest absolute Gasteiger partial charge is 0.244 e. The number of hydrogen-bond donors (Lipinski definition) is 1. The maximum absolute atomic E-state index is 12.8. The summed E-state index contributed by atoms with van der Waals surface area (Å²) in [6, 6.07) is 7.70. The Hall–Kier alpha value is -2.41. The van der Waals surface area contributed by atoms with Crippen molar-refractivity contribution in [2.75, 3.05) is 18.6 Å². The first-order valence-corrected chi connectivity index (χ1v) is 8.68. The number of ether oxygens (including phenoxy) is 1. The Morgan fingerprint density at radius 3 is 2.96 bits per heavy atom. The number of methoxy groups -OCH3 is 1. The third kappa shape index (κ3) is 3.99. The number of nitrogens with zero attached hydrogens (tertiary/aromatic N) is 4. The second kappa shape index (κ2) is 7.65. The van der Waals surface area contributed by atoms with Crippen LogP contribution in [0.15, 0.2) is 30.5 Å². The fraction of sp³-hybridized carbons (Fsp3) is 0.500. The molecule has 0 aliphatic carbocycles. The first-order valence-electron chi connectivity index (χ1n) is 8.68. The van der Waals surface area contributed by atoms with Gasteiger partial charge in [-0.15, -0.1) is 5.10 Å². The Bertz CT molecular complexity index is 728. The van der Waals surface area contributed by atoms with Crippen LogP contribution in [0, 0.1) is 0 Å². The molecule has 0 bridgehead atoms. The monoisotopic (exact) mass is 343 g/mol. The summed E-state index contributed by atoms with van der Waals surface area (Å²) in [4.78, 5) is 14.7. The van der Waals surface area contributed by atoms with E-state index in [4.69, 9.17) is 4.74 Å². The third-order valence-corrected chi connectivity index (χ3v) is 4.42. The molecule has 1 aliphatic rings. The summed E-state index contributed by atoms with van der Waals surface area (Å²) in [7, 11) is 1.63. The van der Waals surface area contributed by atoms with Crippen LogP contribution >= 0.6 is 0 Å². The van der Waals surface area contributed by atoms with Crippen LogP contribution in [0.3, 0.4) is 0 Å². The van der Waals surface area contributed by atoms with E-state index in [1.807, 2.05) is 40.0 Å². The number of hydrogen-bond acceptors (Lipinski definition) is 5. The van der Waals surface area contributed by atoms with Crippen molar-refractivity contribution in [2.24, 2.45) is 0 Å². The van der Waals surface area contributed by atoms with Crippen molar-refractivity contribution in [1.82, 2.24) is 20.3 Å². The first kappa shape index (κ1) is 17.4. The van der Waals surface area contributed by atoms with Gasteiger partial charge in [0.15, 0.2) is 0 Å². The minimum absolute atomic E-state index is 0.0933. The van der Waals surface area contributed by atoms with Crippen molar-refractivity contribution in [3.63, 3.8) is 0 Å². The van der Waals surface area contributed by atoms with Crippen LogP contribution in [0.5, 0.6) is 5.75 Å². The zero-order valence-corrected chi connectivity index (χ0v) is 15.0. The molecule has 0 radical (unpaired) electrons. The summed E-state index contributed by atoms with van der Waals surface area (Å²) in [5.74, 6) is 0.849. The number of amides is 1. The van der Waals surface area contributed by atoms with E-state index >= 15 is 0 Å². The standard InChI is InChI=1S/C18H25N5O2/c1-13(2)23-12-14(20-21-23)11-19-17-8-5-9-22(18(17)24)15-6-4-7-16(10-15)25-3/h4,6-7,10,12-13,17,19H,5,8-9,11H2,1-3H3. The van der Waals surface area contributed by atoms with E-state index in [2.05, 4.69) is 29.5 Å². The van der Waals surface area contributed by atoms with Crippen molar-refractivity contribution in [2.45, 2.75) is 45.3 Å². The van der Waals surface area contributed by atoms with Crippen LogP contribution in [0.25, 0.3) is 0 Å². The molecule has 1 aromatic carbocycles. The van der Waals surface area contributed by atoms with Crippen LogP contribution in [-0.4, -0.2) is 40.6 Å². The number of carbonyl (C=O) groups excluding carboxylic acids is 1. The number of piperidine rings is 1. The molecule has 134 valence electrons. The number of rotatable bonds is 6. The quantitative estimate of drug-likeness (QED) is 0.870. The molecule has 1 unspecified atom stereocenters. The van der Waals surface area contributed by atoms with Gasteiger partial charge in [-0.25, -0.2) is 4.68 Å². The van der Waals surface area contributed by atoms with E-state index in [0.29, 0.717) is 6.54 Å². The molecule has 1 saturated heterocycles. The Morgan fingerprint density at radius 1 is 1.40 bits per heavy atom. The topological polar surface area (TPSA) is 72.3 Å². The van der Waals surface area contributed by atoms with Gasteiger partial charge in [-0.2, -0.15) is 0 Å². The molecule has 1 atom stereocenters. The summed E-state index contributed by atoms with van der Waals surface area (Å²) in [6.07, 6.45) is 3.71. The summed E-state index contributed by atoms with van der Waals surface area (Å²) < 4.78 is 7.09. The largest absolute Gasteiger partial charge is 0.497 e. The average molecular weight is 343 g/mol. The third-order valence-electron chi connectivity index (χ3n) is 4.42. The van der Waals surface area contributed by atoms with Gasteiger partial charge >= 0.3 is 0 Å². The molecule has 1 aromatic heterocycles. The lowest BCUT2D eigenvalue weighted by Crippen LogP contribution is -2.50. The lowest BCUT2D eigenvalue weighted by Gasteiger charge is -2.32. The van der Waals surface area contributed by atoms with Gasteiger partial charge in [-0.3, -0.25) is 4.79 Å². The molecule has 1 amide bonds. The van der Waals surface area contributed by atoms with E-state index < -0.39 is 0 Å². The Labute approximate surface area is 148 Å². The van der Waals surface area contributed by atoms with Gasteiger partial charge in [-0.1, -0.05) is 11.3 Å². The molecule has 7 nitrogen and oxygen atoms in total. The second-order valence-corrected chi connectivity index (χ2v) is 6.55. The van der Waals surface area contributed by atoms with Gasteiger partial charge in [0.05, 0.1) is 25.0 Å². The number of anilines is 1. The highest BCUT2D eigenvalue weighted by Gasteiger charge is 2.29. The van der Waals surface area contributed by atoms with E-state index in [1.165, 1.54) is 0 Å². The summed E-state index contributed by atoms with van der Waals surface area (Å²) in [5, 5.41) is 11.6. The fourth-order valence-electron chi connectivity index (χ4n) is 2.97. The van der Waals surface area contributed by atoms with Gasteiger partial charge < -0.3 is 15.0 Å². The van der Waals surface area contributed by atoms with Crippen LogP contribution in [0.4, 0.5) is 5.69 Å². The Kier molecular flexibility index (Phi) is 5.33. The zero-order chi connectivity index (χ0) is 17.8. The molecule has 7 heteroatoms. The molecule has 1 aliphatic heterocycles. The first-order chi connectivity index (χ1) is 12.1. The highest BCUT2D eigenvalue weighted by atomic mass is 16.5. The van der Waals surface area contributed by atoms with E-state index in [1.54, 1.807) is 7.11 Å². The number of benzene rings is 1. The van der Waals surface area contributed by atoms with E-state index in [9.17, 15) is 4.79 Å². The molecule has 3 rings (SSSR count). The molecular weight excluding hydrogens is 318 g/mol. The Balaban J connectivity index is 1.65. The van der Waals surface area contributed by atoms with Gasteiger partial charge in [0.25, 0.3) is 0 Å². The predicted octanol–water partition coefficient (Wildman–Crippen LogP) is 2.15. The highest BCUT2D eigenvalue weighted by Crippen LogP contribution is 2.25. The van der Waals surface area contributed by atoms with Crippen molar-refractivity contribution >= 4 is 11.6 Å². The normalized spacial score (nSPS) is 18.0. The van der Waals surface area contributed by atoms with Crippen LogP contribution in [0.2, 0.25) is 0 Å². The lowest BCUT2D eigenvalue weighted by atomic mass is 10.0. The van der Waals surface area contributed by atoms with Crippen LogP contribution < -0.4 is 15.0 Å². The summed E-state index contributed by atoms with van der Waals surface area (Å²) in [5.41, 5.74) is 1.72. The van der Waals surface area contributed by atoms with Gasteiger partial charge in [0.1, 0.15) is 5.75 Å². The van der Waals surface area contributed by atoms with Crippen LogP contribution in [-0.2, 0) is 11.3 Å². The lowest BCUT2D eigenvalue weighted by molar-refractivity contribution is -0.121. The molecule has 25 heavy (non-hydrogen) atoms. The second-order valence-electron chi connectivity index (χ2n) is 6.55. The number of aromatic nitrogens is 3. The van der Waals surface area contributed by atoms with Crippen molar-refractivity contribution in [3.8, 4) is 5.75 Å². The SMILES string of the molecule is COc1cccc(N2CCCC(NCc3cn(C(C)C)nn3)C2=O)c1. The number of nitrogens with one attached hydrogen (secondary N) is 1. The average Bonchev–Trinajstić information content (AvgIpc) is 3.10. The summed E-state index contributed by atoms with van der Waals surface area (Å²) >= 11 is 0. The summed E-state index contributed by atoms with van der Waals surface area (Å²) in [6.45, 7) is 5.38. The maximum Gasteiger partial charge on any atom is 0.244 e. The molecular formula is C18H25N5O2. The molecule has 2 heterocycles. The van der Waals surface area contributed by atoms with Crippen LogP contribution in [0.1, 0.15) is 38.4 Å². The van der Waals surface area contributed by atoms with Crippen molar-refractivity contribution in [1.29, 1.82) is 0 Å². The van der Waals surface area contributed by atoms with Crippen molar-refractivity contribution < 1.29 is 9.53 Å². The minimum Gasteiger partial charge on any atom is -0.497 e. The minimum atomic E-state index is -0.204. The molecule has 0 spiro atoms. The highest BCUT2D eigenvalue weighted by molar-refractivity contribution is 5.98.